The van der Waals surface area contributed by atoms with Crippen molar-refractivity contribution >= 4 is 11.0 Å². The number of rotatable bonds is 4. The standard InChI is InChI=1S/C22H18O/c1-3-9-17(10-4-1)15-20-19-13-7-8-14-21(19)23-22(20)16-18-11-5-2-6-12-18/h1-14H,15-16H2. The van der Waals surface area contributed by atoms with Crippen LogP contribution in [0.2, 0.25) is 0 Å². The fourth-order valence-electron chi connectivity index (χ4n) is 3.07. The second kappa shape index (κ2) is 6.13. The molecule has 0 aliphatic carbocycles. The zero-order valence-electron chi connectivity index (χ0n) is 12.9. The highest BCUT2D eigenvalue weighted by Crippen LogP contribution is 2.29. The summed E-state index contributed by atoms with van der Waals surface area (Å²) in [6.45, 7) is 0. The van der Waals surface area contributed by atoms with E-state index >= 15 is 0 Å². The molecule has 0 radical (unpaired) electrons. The molecule has 0 unspecified atom stereocenters. The van der Waals surface area contributed by atoms with Gasteiger partial charge < -0.3 is 4.42 Å². The quantitative estimate of drug-likeness (QED) is 0.477. The number of benzene rings is 3. The first-order valence-corrected chi connectivity index (χ1v) is 7.97. The molecule has 0 bridgehead atoms. The van der Waals surface area contributed by atoms with E-state index in [4.69, 9.17) is 4.42 Å². The molecule has 0 amide bonds. The summed E-state index contributed by atoms with van der Waals surface area (Å²) < 4.78 is 6.18. The minimum Gasteiger partial charge on any atom is -0.460 e. The van der Waals surface area contributed by atoms with Crippen molar-refractivity contribution in [2.75, 3.05) is 0 Å². The molecule has 0 atom stereocenters. The lowest BCUT2D eigenvalue weighted by molar-refractivity contribution is 0.557. The van der Waals surface area contributed by atoms with Crippen LogP contribution in [0.15, 0.2) is 89.3 Å². The molecule has 112 valence electrons. The molecule has 0 spiro atoms. The van der Waals surface area contributed by atoms with Crippen molar-refractivity contribution in [2.45, 2.75) is 12.8 Å². The van der Waals surface area contributed by atoms with Crippen LogP contribution in [0.25, 0.3) is 11.0 Å². The third-order valence-electron chi connectivity index (χ3n) is 4.21. The van der Waals surface area contributed by atoms with Gasteiger partial charge in [-0.05, 0) is 17.2 Å². The molecule has 0 saturated carbocycles. The Morgan fingerprint density at radius 3 is 1.83 bits per heavy atom. The first-order valence-electron chi connectivity index (χ1n) is 7.97. The van der Waals surface area contributed by atoms with Gasteiger partial charge in [-0.25, -0.2) is 0 Å². The first-order chi connectivity index (χ1) is 11.4. The first kappa shape index (κ1) is 13.8. The largest absolute Gasteiger partial charge is 0.460 e. The van der Waals surface area contributed by atoms with Crippen LogP contribution in [0.1, 0.15) is 22.5 Å². The van der Waals surface area contributed by atoms with Gasteiger partial charge in [0.2, 0.25) is 0 Å². The van der Waals surface area contributed by atoms with Gasteiger partial charge in [-0.15, -0.1) is 0 Å². The van der Waals surface area contributed by atoms with Crippen LogP contribution in [0.5, 0.6) is 0 Å². The second-order valence-corrected chi connectivity index (χ2v) is 5.82. The summed E-state index contributed by atoms with van der Waals surface area (Å²) in [5, 5.41) is 1.22. The minimum atomic E-state index is 0.831. The molecule has 23 heavy (non-hydrogen) atoms. The highest BCUT2D eigenvalue weighted by molar-refractivity contribution is 5.82. The van der Waals surface area contributed by atoms with Crippen molar-refractivity contribution < 1.29 is 4.42 Å². The van der Waals surface area contributed by atoms with E-state index in [1.54, 1.807) is 0 Å². The van der Waals surface area contributed by atoms with Gasteiger partial charge in [0.05, 0.1) is 0 Å². The Hall–Kier alpha value is -2.80. The van der Waals surface area contributed by atoms with Gasteiger partial charge in [0.15, 0.2) is 0 Å². The van der Waals surface area contributed by atoms with Crippen LogP contribution in [-0.4, -0.2) is 0 Å². The summed E-state index contributed by atoms with van der Waals surface area (Å²) in [7, 11) is 0. The zero-order valence-corrected chi connectivity index (χ0v) is 12.9. The number of para-hydroxylation sites is 1. The monoisotopic (exact) mass is 298 g/mol. The second-order valence-electron chi connectivity index (χ2n) is 5.82. The summed E-state index contributed by atoms with van der Waals surface area (Å²) in [5.74, 6) is 1.07. The normalized spacial score (nSPS) is 11.0. The third kappa shape index (κ3) is 2.91. The predicted molar refractivity (Wildman–Crippen MR) is 94.7 cm³/mol. The van der Waals surface area contributed by atoms with Crippen molar-refractivity contribution in [3.63, 3.8) is 0 Å². The molecule has 0 fully saturated rings. The Morgan fingerprint density at radius 2 is 1.13 bits per heavy atom. The lowest BCUT2D eigenvalue weighted by atomic mass is 9.99. The van der Waals surface area contributed by atoms with Crippen molar-refractivity contribution in [3.8, 4) is 0 Å². The van der Waals surface area contributed by atoms with Crippen LogP contribution in [0, 0.1) is 0 Å². The van der Waals surface area contributed by atoms with E-state index in [1.165, 1.54) is 22.1 Å². The van der Waals surface area contributed by atoms with Crippen LogP contribution < -0.4 is 0 Å². The lowest BCUT2D eigenvalue weighted by Crippen LogP contribution is -1.94. The SMILES string of the molecule is c1ccc(Cc2oc3ccccc3c2Cc2ccccc2)cc1. The Balaban J connectivity index is 1.78. The van der Waals surface area contributed by atoms with E-state index in [1.807, 2.05) is 12.1 Å². The Bertz CT molecular complexity index is 905. The van der Waals surface area contributed by atoms with Crippen molar-refractivity contribution in [1.82, 2.24) is 0 Å². The molecule has 4 aromatic rings. The van der Waals surface area contributed by atoms with E-state index in [0.29, 0.717) is 0 Å². The Kier molecular flexibility index (Phi) is 3.69. The van der Waals surface area contributed by atoms with Gasteiger partial charge in [0, 0.05) is 23.8 Å². The number of furan rings is 1. The highest BCUT2D eigenvalue weighted by atomic mass is 16.3. The summed E-state index contributed by atoms with van der Waals surface area (Å²) >= 11 is 0. The molecule has 3 aromatic carbocycles. The van der Waals surface area contributed by atoms with Gasteiger partial charge >= 0.3 is 0 Å². The molecule has 0 aliphatic heterocycles. The van der Waals surface area contributed by atoms with Crippen molar-refractivity contribution in [3.05, 3.63) is 107 Å². The number of hydrogen-bond donors (Lipinski definition) is 0. The molecular formula is C22H18O. The van der Waals surface area contributed by atoms with Gasteiger partial charge in [-0.3, -0.25) is 0 Å². The van der Waals surface area contributed by atoms with Gasteiger partial charge in [0.1, 0.15) is 11.3 Å². The van der Waals surface area contributed by atoms with Crippen molar-refractivity contribution in [1.29, 1.82) is 0 Å². The topological polar surface area (TPSA) is 13.1 Å². The minimum absolute atomic E-state index is 0.831. The van der Waals surface area contributed by atoms with Crippen LogP contribution in [0.3, 0.4) is 0 Å². The molecule has 1 nitrogen and oxygen atoms in total. The van der Waals surface area contributed by atoms with Gasteiger partial charge in [0.25, 0.3) is 0 Å². The molecular weight excluding hydrogens is 280 g/mol. The summed E-state index contributed by atoms with van der Waals surface area (Å²) in [6.07, 6.45) is 1.73. The predicted octanol–water partition coefficient (Wildman–Crippen LogP) is 5.61. The van der Waals surface area contributed by atoms with E-state index in [2.05, 4.69) is 72.8 Å². The molecule has 0 saturated heterocycles. The van der Waals surface area contributed by atoms with Gasteiger partial charge in [-0.2, -0.15) is 0 Å². The van der Waals surface area contributed by atoms with Gasteiger partial charge in [-0.1, -0.05) is 78.9 Å². The van der Waals surface area contributed by atoms with Crippen molar-refractivity contribution in [2.24, 2.45) is 0 Å². The molecule has 1 heteroatoms. The fourth-order valence-corrected chi connectivity index (χ4v) is 3.07. The zero-order chi connectivity index (χ0) is 15.5. The summed E-state index contributed by atoms with van der Waals surface area (Å²) in [6, 6.07) is 29.4. The molecule has 0 aliphatic rings. The number of fused-ring (bicyclic) bond motifs is 1. The maximum atomic E-state index is 6.18. The van der Waals surface area contributed by atoms with E-state index in [0.717, 1.165) is 24.2 Å². The third-order valence-corrected chi connectivity index (χ3v) is 4.21. The fraction of sp³-hybridized carbons (Fsp3) is 0.0909. The Labute approximate surface area is 136 Å². The molecule has 1 aromatic heterocycles. The number of hydrogen-bond acceptors (Lipinski definition) is 1. The Morgan fingerprint density at radius 1 is 0.565 bits per heavy atom. The molecule has 4 rings (SSSR count). The summed E-state index contributed by atoms with van der Waals surface area (Å²) in [5.41, 5.74) is 4.87. The average molecular weight is 298 g/mol. The highest BCUT2D eigenvalue weighted by Gasteiger charge is 2.14. The summed E-state index contributed by atoms with van der Waals surface area (Å²) in [4.78, 5) is 0. The molecule has 1 heterocycles. The smallest absolute Gasteiger partial charge is 0.134 e. The molecule has 0 N–H and O–H groups in total. The van der Waals surface area contributed by atoms with E-state index < -0.39 is 0 Å². The average Bonchev–Trinajstić information content (AvgIpc) is 2.94. The van der Waals surface area contributed by atoms with Crippen LogP contribution >= 0.6 is 0 Å². The maximum Gasteiger partial charge on any atom is 0.134 e. The lowest BCUT2D eigenvalue weighted by Gasteiger charge is -2.04. The van der Waals surface area contributed by atoms with E-state index in [-0.39, 0.29) is 0 Å². The van der Waals surface area contributed by atoms with Crippen LogP contribution in [-0.2, 0) is 12.8 Å². The van der Waals surface area contributed by atoms with E-state index in [9.17, 15) is 0 Å². The maximum absolute atomic E-state index is 6.18. The van der Waals surface area contributed by atoms with Crippen LogP contribution in [0.4, 0.5) is 0 Å².